The van der Waals surface area contributed by atoms with Crippen LogP contribution in [0.2, 0.25) is 0 Å². The number of hydrogen-bond acceptors (Lipinski definition) is 6. The molecule has 0 bridgehead atoms. The number of nitrogen functional groups attached to an aromatic ring is 1. The lowest BCUT2D eigenvalue weighted by Crippen LogP contribution is -1.92. The normalized spacial score (nSPS) is 10.4. The summed E-state index contributed by atoms with van der Waals surface area (Å²) >= 11 is 1.40. The Kier molecular flexibility index (Phi) is 3.00. The Morgan fingerprint density at radius 2 is 2.19 bits per heavy atom. The third-order valence-electron chi connectivity index (χ3n) is 2.06. The van der Waals surface area contributed by atoms with Gasteiger partial charge in [-0.1, -0.05) is 11.8 Å². The Bertz CT molecular complexity index is 499. The van der Waals surface area contributed by atoms with Gasteiger partial charge in [-0.3, -0.25) is 0 Å². The zero-order valence-electron chi connectivity index (χ0n) is 8.93. The molecule has 1 heterocycles. The summed E-state index contributed by atoms with van der Waals surface area (Å²) in [6.45, 7) is 0. The van der Waals surface area contributed by atoms with Gasteiger partial charge < -0.3 is 14.9 Å². The molecule has 0 spiro atoms. The van der Waals surface area contributed by atoms with Crippen LogP contribution < -0.4 is 10.5 Å². The number of anilines is 1. The second kappa shape index (κ2) is 4.44. The van der Waals surface area contributed by atoms with Crippen molar-refractivity contribution in [1.29, 1.82) is 0 Å². The number of rotatable bonds is 3. The summed E-state index contributed by atoms with van der Waals surface area (Å²) in [7, 11) is 1.57. The molecule has 0 fully saturated rings. The number of nitrogens with two attached hydrogens (primary N) is 1. The maximum Gasteiger partial charge on any atom is 0.276 e. The maximum atomic E-state index is 5.71. The van der Waals surface area contributed by atoms with Crippen LogP contribution in [0.1, 0.15) is 0 Å². The highest BCUT2D eigenvalue weighted by molar-refractivity contribution is 7.98. The first kappa shape index (κ1) is 10.8. The molecule has 16 heavy (non-hydrogen) atoms. The summed E-state index contributed by atoms with van der Waals surface area (Å²) in [6, 6.07) is 5.33. The van der Waals surface area contributed by atoms with Crippen LogP contribution in [-0.4, -0.2) is 23.6 Å². The first-order valence-electron chi connectivity index (χ1n) is 4.56. The van der Waals surface area contributed by atoms with E-state index in [4.69, 9.17) is 14.9 Å². The molecule has 84 valence electrons. The van der Waals surface area contributed by atoms with Crippen LogP contribution in [0.15, 0.2) is 27.8 Å². The van der Waals surface area contributed by atoms with Crippen LogP contribution in [0, 0.1) is 0 Å². The third-order valence-corrected chi connectivity index (χ3v) is 2.58. The smallest absolute Gasteiger partial charge is 0.276 e. The van der Waals surface area contributed by atoms with Crippen LogP contribution in [0.3, 0.4) is 0 Å². The van der Waals surface area contributed by atoms with Crippen molar-refractivity contribution in [2.24, 2.45) is 0 Å². The lowest BCUT2D eigenvalue weighted by molar-refractivity contribution is 0.416. The summed E-state index contributed by atoms with van der Waals surface area (Å²) in [5.74, 6) is 1.06. The fourth-order valence-corrected chi connectivity index (χ4v) is 1.54. The predicted octanol–water partition coefficient (Wildman–Crippen LogP) is 2.05. The zero-order valence-corrected chi connectivity index (χ0v) is 9.75. The van der Waals surface area contributed by atoms with E-state index in [1.807, 2.05) is 12.3 Å². The van der Waals surface area contributed by atoms with E-state index < -0.39 is 0 Å². The average Bonchev–Trinajstić information content (AvgIpc) is 2.78. The molecule has 0 radical (unpaired) electrons. The Morgan fingerprint density at radius 3 is 2.81 bits per heavy atom. The number of ether oxygens (including phenoxy) is 1. The second-order valence-electron chi connectivity index (χ2n) is 3.03. The van der Waals surface area contributed by atoms with Crippen molar-refractivity contribution >= 4 is 17.4 Å². The van der Waals surface area contributed by atoms with E-state index in [0.717, 1.165) is 5.56 Å². The molecule has 1 aromatic carbocycles. The molecular weight excluding hydrogens is 226 g/mol. The van der Waals surface area contributed by atoms with Gasteiger partial charge in [-0.2, -0.15) is 0 Å². The van der Waals surface area contributed by atoms with Gasteiger partial charge in [0.1, 0.15) is 5.75 Å². The molecule has 2 rings (SSSR count). The van der Waals surface area contributed by atoms with Crippen molar-refractivity contribution < 1.29 is 9.15 Å². The van der Waals surface area contributed by atoms with Gasteiger partial charge in [0.25, 0.3) is 5.22 Å². The Morgan fingerprint density at radius 1 is 1.38 bits per heavy atom. The molecule has 0 aliphatic heterocycles. The van der Waals surface area contributed by atoms with Crippen molar-refractivity contribution in [2.45, 2.75) is 5.22 Å². The number of methoxy groups -OCH3 is 1. The van der Waals surface area contributed by atoms with Gasteiger partial charge >= 0.3 is 0 Å². The molecule has 0 saturated carbocycles. The summed E-state index contributed by atoms with van der Waals surface area (Å²) < 4.78 is 10.5. The highest BCUT2D eigenvalue weighted by atomic mass is 32.2. The number of aromatic nitrogens is 2. The van der Waals surface area contributed by atoms with Gasteiger partial charge in [0, 0.05) is 5.56 Å². The highest BCUT2D eigenvalue weighted by Crippen LogP contribution is 2.28. The minimum absolute atomic E-state index is 0.461. The quantitative estimate of drug-likeness (QED) is 0.650. The number of nitrogens with zero attached hydrogens (tertiary/aromatic N) is 2. The van der Waals surface area contributed by atoms with Gasteiger partial charge in [-0.25, -0.2) is 0 Å². The topological polar surface area (TPSA) is 74.2 Å². The van der Waals surface area contributed by atoms with E-state index in [-0.39, 0.29) is 0 Å². The van der Waals surface area contributed by atoms with Crippen molar-refractivity contribution in [3.63, 3.8) is 0 Å². The molecule has 5 nitrogen and oxygen atoms in total. The standard InChI is InChI=1S/C10H11N3O2S/c1-14-8-5-6(3-4-7(8)11)9-12-13-10(15-9)16-2/h3-5H,11H2,1-2H3. The zero-order chi connectivity index (χ0) is 11.5. The first-order chi connectivity index (χ1) is 7.74. The van der Waals surface area contributed by atoms with E-state index in [0.29, 0.717) is 22.6 Å². The highest BCUT2D eigenvalue weighted by Gasteiger charge is 2.09. The molecule has 0 aliphatic rings. The van der Waals surface area contributed by atoms with E-state index in [1.54, 1.807) is 19.2 Å². The van der Waals surface area contributed by atoms with Gasteiger partial charge in [-0.05, 0) is 24.5 Å². The van der Waals surface area contributed by atoms with Crippen LogP contribution in [0.25, 0.3) is 11.5 Å². The summed E-state index contributed by atoms with van der Waals surface area (Å²) in [4.78, 5) is 0. The fraction of sp³-hybridized carbons (Fsp3) is 0.200. The predicted molar refractivity (Wildman–Crippen MR) is 62.5 cm³/mol. The first-order valence-corrected chi connectivity index (χ1v) is 5.78. The molecule has 2 N–H and O–H groups in total. The van der Waals surface area contributed by atoms with Gasteiger partial charge in [0.2, 0.25) is 5.89 Å². The van der Waals surface area contributed by atoms with Gasteiger partial charge in [0.15, 0.2) is 0 Å². The monoisotopic (exact) mass is 237 g/mol. The molecule has 0 aliphatic carbocycles. The molecule has 0 saturated heterocycles. The molecule has 0 amide bonds. The van der Waals surface area contributed by atoms with Crippen molar-refractivity contribution in [1.82, 2.24) is 10.2 Å². The van der Waals surface area contributed by atoms with Crippen LogP contribution >= 0.6 is 11.8 Å². The van der Waals surface area contributed by atoms with Gasteiger partial charge in [-0.15, -0.1) is 10.2 Å². The third kappa shape index (κ3) is 1.96. The molecule has 6 heteroatoms. The van der Waals surface area contributed by atoms with Crippen molar-refractivity contribution in [3.05, 3.63) is 18.2 Å². The Hall–Kier alpha value is -1.69. The molecule has 0 atom stereocenters. The molecule has 2 aromatic rings. The van der Waals surface area contributed by atoms with Gasteiger partial charge in [0.05, 0.1) is 12.8 Å². The summed E-state index contributed by atoms with van der Waals surface area (Å²) in [6.07, 6.45) is 1.88. The van der Waals surface area contributed by atoms with Crippen molar-refractivity contribution in [3.8, 4) is 17.2 Å². The van der Waals surface area contributed by atoms with E-state index in [9.17, 15) is 0 Å². The largest absolute Gasteiger partial charge is 0.495 e. The maximum absolute atomic E-state index is 5.71. The Labute approximate surface area is 97.0 Å². The summed E-state index contributed by atoms with van der Waals surface area (Å²) in [5.41, 5.74) is 7.08. The average molecular weight is 237 g/mol. The Balaban J connectivity index is 2.40. The molecule has 1 aromatic heterocycles. The number of thioether (sulfide) groups is 1. The molecular formula is C10H11N3O2S. The molecule has 0 unspecified atom stereocenters. The number of benzene rings is 1. The van der Waals surface area contributed by atoms with E-state index in [2.05, 4.69) is 10.2 Å². The van der Waals surface area contributed by atoms with E-state index in [1.165, 1.54) is 11.8 Å². The summed E-state index contributed by atoms with van der Waals surface area (Å²) in [5, 5.41) is 8.32. The van der Waals surface area contributed by atoms with E-state index >= 15 is 0 Å². The fourth-order valence-electron chi connectivity index (χ4n) is 1.25. The SMILES string of the molecule is COc1cc(-c2nnc(SC)o2)ccc1N. The van der Waals surface area contributed by atoms with Crippen LogP contribution in [0.4, 0.5) is 5.69 Å². The minimum atomic E-state index is 0.461. The minimum Gasteiger partial charge on any atom is -0.495 e. The lowest BCUT2D eigenvalue weighted by atomic mass is 10.2. The van der Waals surface area contributed by atoms with Crippen molar-refractivity contribution in [2.75, 3.05) is 19.1 Å². The second-order valence-corrected chi connectivity index (χ2v) is 3.79. The number of hydrogen-bond donors (Lipinski definition) is 1. The lowest BCUT2D eigenvalue weighted by Gasteiger charge is -2.04. The van der Waals surface area contributed by atoms with Crippen LogP contribution in [0.5, 0.6) is 5.75 Å². The van der Waals surface area contributed by atoms with Crippen LogP contribution in [-0.2, 0) is 0 Å².